The molecule has 0 aromatic heterocycles. The second-order valence-electron chi connectivity index (χ2n) is 8.08. The summed E-state index contributed by atoms with van der Waals surface area (Å²) < 4.78 is 5.30. The van der Waals surface area contributed by atoms with Crippen molar-refractivity contribution in [1.82, 2.24) is 15.1 Å². The molecule has 0 spiro atoms. The number of fused-ring (bicyclic) bond motifs is 1. The van der Waals surface area contributed by atoms with E-state index < -0.39 is 6.10 Å². The van der Waals surface area contributed by atoms with Gasteiger partial charge in [-0.3, -0.25) is 14.5 Å². The summed E-state index contributed by atoms with van der Waals surface area (Å²) in [6.07, 6.45) is 1.21. The highest BCUT2D eigenvalue weighted by molar-refractivity contribution is 5.81. The van der Waals surface area contributed by atoms with Crippen LogP contribution in [0.25, 0.3) is 0 Å². The van der Waals surface area contributed by atoms with Gasteiger partial charge in [-0.15, -0.1) is 0 Å². The number of benzene rings is 1. The summed E-state index contributed by atoms with van der Waals surface area (Å²) >= 11 is 0. The number of carbonyl (C=O) groups excluding carboxylic acids is 2. The fraction of sp³-hybridized carbons (Fsp3) is 0.619. The van der Waals surface area contributed by atoms with Gasteiger partial charge >= 0.3 is 0 Å². The molecule has 1 saturated heterocycles. The molecule has 1 aliphatic carbocycles. The summed E-state index contributed by atoms with van der Waals surface area (Å²) in [5, 5.41) is 13.3. The third-order valence-corrected chi connectivity index (χ3v) is 6.12. The van der Waals surface area contributed by atoms with E-state index in [-0.39, 0.29) is 23.8 Å². The van der Waals surface area contributed by atoms with Crippen molar-refractivity contribution >= 4 is 11.8 Å². The molecule has 0 radical (unpaired) electrons. The maximum absolute atomic E-state index is 12.6. The fourth-order valence-corrected chi connectivity index (χ4v) is 4.56. The summed E-state index contributed by atoms with van der Waals surface area (Å²) in [5.41, 5.74) is 2.63. The third-order valence-electron chi connectivity index (χ3n) is 6.12. The number of nitrogens with zero attached hydrogens (tertiary/aromatic N) is 2. The first-order valence-electron chi connectivity index (χ1n) is 10.2. The van der Waals surface area contributed by atoms with E-state index >= 15 is 0 Å². The zero-order valence-corrected chi connectivity index (χ0v) is 16.2. The van der Waals surface area contributed by atoms with Gasteiger partial charge in [0.1, 0.15) is 0 Å². The van der Waals surface area contributed by atoms with Crippen molar-refractivity contribution in [3.63, 3.8) is 0 Å². The van der Waals surface area contributed by atoms with Crippen LogP contribution in [-0.4, -0.2) is 78.3 Å². The van der Waals surface area contributed by atoms with Crippen molar-refractivity contribution in [2.24, 2.45) is 5.92 Å². The van der Waals surface area contributed by atoms with Crippen LogP contribution < -0.4 is 5.32 Å². The molecule has 28 heavy (non-hydrogen) atoms. The van der Waals surface area contributed by atoms with Gasteiger partial charge in [-0.25, -0.2) is 0 Å². The molecule has 2 N–H and O–H groups in total. The second kappa shape index (κ2) is 8.59. The van der Waals surface area contributed by atoms with E-state index in [9.17, 15) is 14.7 Å². The van der Waals surface area contributed by atoms with Gasteiger partial charge in [-0.1, -0.05) is 24.3 Å². The number of morpholine rings is 1. The predicted octanol–water partition coefficient (Wildman–Crippen LogP) is 0.159. The van der Waals surface area contributed by atoms with Gasteiger partial charge in [0.25, 0.3) is 0 Å². The standard InChI is InChI=1S/C21H29N3O4/c25-19-12-17(21(27)24-7-9-28-10-8-24)11-18(19)22-20(26)14-23-6-5-15-3-1-2-4-16(15)13-23/h1-4,17-19,25H,5-14H2,(H,22,26)/t17-,18-,19-/m0/s1. The van der Waals surface area contributed by atoms with Crippen LogP contribution >= 0.6 is 0 Å². The number of carbonyl (C=O) groups is 2. The minimum absolute atomic E-state index is 0.0757. The smallest absolute Gasteiger partial charge is 0.234 e. The summed E-state index contributed by atoms with van der Waals surface area (Å²) in [6, 6.07) is 8.00. The highest BCUT2D eigenvalue weighted by Gasteiger charge is 2.39. The number of hydrogen-bond acceptors (Lipinski definition) is 5. The van der Waals surface area contributed by atoms with Crippen LogP contribution in [0, 0.1) is 5.92 Å². The van der Waals surface area contributed by atoms with Crippen LogP contribution in [0.4, 0.5) is 0 Å². The molecule has 2 heterocycles. The Hall–Kier alpha value is -1.96. The third kappa shape index (κ3) is 4.37. The van der Waals surface area contributed by atoms with Crippen LogP contribution in [0.3, 0.4) is 0 Å². The van der Waals surface area contributed by atoms with E-state index in [0.717, 1.165) is 19.5 Å². The van der Waals surface area contributed by atoms with Gasteiger partial charge in [-0.2, -0.15) is 0 Å². The molecule has 1 aromatic rings. The Bertz CT molecular complexity index is 719. The monoisotopic (exact) mass is 387 g/mol. The zero-order chi connectivity index (χ0) is 19.5. The molecular weight excluding hydrogens is 358 g/mol. The molecule has 2 fully saturated rings. The van der Waals surface area contributed by atoms with Gasteiger partial charge < -0.3 is 20.1 Å². The Kier molecular flexibility index (Phi) is 5.94. The molecule has 3 atom stereocenters. The molecule has 0 unspecified atom stereocenters. The second-order valence-corrected chi connectivity index (χ2v) is 8.08. The zero-order valence-electron chi connectivity index (χ0n) is 16.2. The number of hydrogen-bond donors (Lipinski definition) is 2. The van der Waals surface area contributed by atoms with E-state index in [1.54, 1.807) is 0 Å². The average molecular weight is 387 g/mol. The number of amides is 2. The molecule has 1 aromatic carbocycles. The van der Waals surface area contributed by atoms with E-state index in [0.29, 0.717) is 45.7 Å². The molecule has 152 valence electrons. The van der Waals surface area contributed by atoms with Crippen LogP contribution in [0.5, 0.6) is 0 Å². The minimum atomic E-state index is -0.666. The minimum Gasteiger partial charge on any atom is -0.391 e. The van der Waals surface area contributed by atoms with Crippen LogP contribution in [0.15, 0.2) is 24.3 Å². The highest BCUT2D eigenvalue weighted by Crippen LogP contribution is 2.28. The normalized spacial score (nSPS) is 28.0. The van der Waals surface area contributed by atoms with Crippen molar-refractivity contribution in [1.29, 1.82) is 0 Å². The predicted molar refractivity (Wildman–Crippen MR) is 103 cm³/mol. The lowest BCUT2D eigenvalue weighted by Crippen LogP contribution is -2.46. The van der Waals surface area contributed by atoms with E-state index in [4.69, 9.17) is 4.74 Å². The molecule has 0 bridgehead atoms. The fourth-order valence-electron chi connectivity index (χ4n) is 4.56. The van der Waals surface area contributed by atoms with Crippen molar-refractivity contribution < 1.29 is 19.4 Å². The van der Waals surface area contributed by atoms with Crippen LogP contribution in [-0.2, 0) is 27.3 Å². The first-order valence-corrected chi connectivity index (χ1v) is 10.2. The molecule has 7 heteroatoms. The van der Waals surface area contributed by atoms with Crippen molar-refractivity contribution in [2.75, 3.05) is 39.4 Å². The molecule has 3 aliphatic rings. The number of nitrogens with one attached hydrogen (secondary N) is 1. The lowest BCUT2D eigenvalue weighted by atomic mass is 10.00. The van der Waals surface area contributed by atoms with Crippen molar-refractivity contribution in [3.8, 4) is 0 Å². The number of aliphatic hydroxyl groups excluding tert-OH is 1. The molecule has 7 nitrogen and oxygen atoms in total. The first kappa shape index (κ1) is 19.4. The maximum atomic E-state index is 12.6. The summed E-state index contributed by atoms with van der Waals surface area (Å²) in [5.74, 6) is -0.227. The Morgan fingerprint density at radius 3 is 2.64 bits per heavy atom. The number of ether oxygens (including phenoxy) is 1. The number of aliphatic hydroxyl groups is 1. The number of rotatable bonds is 4. The summed E-state index contributed by atoms with van der Waals surface area (Å²) in [7, 11) is 0. The van der Waals surface area contributed by atoms with Gasteiger partial charge in [0.05, 0.1) is 31.9 Å². The Morgan fingerprint density at radius 1 is 1.11 bits per heavy atom. The van der Waals surface area contributed by atoms with E-state index in [1.807, 2.05) is 11.0 Å². The Balaban J connectivity index is 1.27. The van der Waals surface area contributed by atoms with Crippen molar-refractivity contribution in [2.45, 2.75) is 38.0 Å². The highest BCUT2D eigenvalue weighted by atomic mass is 16.5. The summed E-state index contributed by atoms with van der Waals surface area (Å²) in [6.45, 7) is 4.31. The largest absolute Gasteiger partial charge is 0.391 e. The van der Waals surface area contributed by atoms with Gasteiger partial charge in [0.2, 0.25) is 11.8 Å². The topological polar surface area (TPSA) is 82.1 Å². The first-order chi connectivity index (χ1) is 13.6. The lowest BCUT2D eigenvalue weighted by Gasteiger charge is -2.29. The van der Waals surface area contributed by atoms with Gasteiger partial charge in [0.15, 0.2) is 0 Å². The SMILES string of the molecule is O=C(CN1CCc2ccccc2C1)N[C@H]1C[C@H](C(=O)N2CCOCC2)C[C@@H]1O. The van der Waals surface area contributed by atoms with Crippen LogP contribution in [0.1, 0.15) is 24.0 Å². The van der Waals surface area contributed by atoms with E-state index in [2.05, 4.69) is 28.4 Å². The quantitative estimate of drug-likeness (QED) is 0.769. The Morgan fingerprint density at radius 2 is 1.86 bits per heavy atom. The van der Waals surface area contributed by atoms with Gasteiger partial charge in [0, 0.05) is 32.1 Å². The summed E-state index contributed by atoms with van der Waals surface area (Å²) in [4.78, 5) is 29.1. The maximum Gasteiger partial charge on any atom is 0.234 e. The molecule has 4 rings (SSSR count). The molecule has 2 amide bonds. The molecule has 1 saturated carbocycles. The van der Waals surface area contributed by atoms with Crippen molar-refractivity contribution in [3.05, 3.63) is 35.4 Å². The molecular formula is C21H29N3O4. The molecule has 2 aliphatic heterocycles. The van der Waals surface area contributed by atoms with Crippen LogP contribution in [0.2, 0.25) is 0 Å². The lowest BCUT2D eigenvalue weighted by molar-refractivity contribution is -0.139. The van der Waals surface area contributed by atoms with E-state index in [1.165, 1.54) is 11.1 Å². The average Bonchev–Trinajstić information content (AvgIpc) is 3.08. The van der Waals surface area contributed by atoms with Gasteiger partial charge in [-0.05, 0) is 30.4 Å². The Labute approximate surface area is 165 Å².